The highest BCUT2D eigenvalue weighted by Crippen LogP contribution is 2.38. The Morgan fingerprint density at radius 2 is 1.73 bits per heavy atom. The van der Waals surface area contributed by atoms with E-state index in [4.69, 9.17) is 14.6 Å². The van der Waals surface area contributed by atoms with E-state index in [1.165, 1.54) is 25.6 Å². The van der Waals surface area contributed by atoms with Crippen LogP contribution in [-0.2, 0) is 16.4 Å². The largest absolute Gasteiger partial charge is 0.494 e. The zero-order chi connectivity index (χ0) is 27.2. The van der Waals surface area contributed by atoms with E-state index in [1.54, 1.807) is 42.1 Å². The van der Waals surface area contributed by atoms with Crippen LogP contribution in [0.5, 0.6) is 11.5 Å². The molecular weight excluding hydrogens is 518 g/mol. The summed E-state index contributed by atoms with van der Waals surface area (Å²) in [6.07, 6.45) is 3.43. The fourth-order valence-electron chi connectivity index (χ4n) is 3.33. The van der Waals surface area contributed by atoms with Crippen molar-refractivity contribution in [2.75, 3.05) is 26.1 Å². The molecule has 1 atom stereocenters. The van der Waals surface area contributed by atoms with Gasteiger partial charge >= 0.3 is 0 Å². The first-order valence-corrected chi connectivity index (χ1v) is 13.5. The maximum absolute atomic E-state index is 13.3. The molecule has 0 bridgehead atoms. The van der Waals surface area contributed by atoms with Gasteiger partial charge in [-0.15, -0.1) is 21.5 Å². The van der Waals surface area contributed by atoms with E-state index in [0.29, 0.717) is 33.8 Å². The average Bonchev–Trinajstić information content (AvgIpc) is 3.51. The number of rotatable bonds is 9. The van der Waals surface area contributed by atoms with Gasteiger partial charge in [0.1, 0.15) is 23.0 Å². The third kappa shape index (κ3) is 6.21. The standard InChI is InChI=1S/C22H25N7O4S2.CH4O.H2/c1-13-10-23-18(24-11-13)9-15(3)35(30,31)28-22-27-26-20(21-25-14(2)12-34-21)29(22)19-16(32-4)7-6-8-17(19)33-5;1-2;/h6-8,10-12,15H,9H2,1-5H3,(H,27,28);2H,1H3;1H/t15-;;/m0../s1. The van der Waals surface area contributed by atoms with Gasteiger partial charge in [0.25, 0.3) is 0 Å². The number of ether oxygens (including phenoxy) is 2. The molecule has 4 rings (SSSR count). The van der Waals surface area contributed by atoms with Gasteiger partial charge in [0.15, 0.2) is 10.8 Å². The van der Waals surface area contributed by atoms with E-state index in [1.807, 2.05) is 19.2 Å². The second-order valence-corrected chi connectivity index (χ2v) is 10.8. The fourth-order valence-corrected chi connectivity index (χ4v) is 5.05. The average molecular weight is 550 g/mol. The van der Waals surface area contributed by atoms with Crippen molar-refractivity contribution < 1.29 is 24.4 Å². The normalized spacial score (nSPS) is 11.9. The summed E-state index contributed by atoms with van der Waals surface area (Å²) >= 11 is 1.37. The quantitative estimate of drug-likeness (QED) is 0.318. The number of methoxy groups -OCH3 is 2. The summed E-state index contributed by atoms with van der Waals surface area (Å²) in [5.41, 5.74) is 2.14. The summed E-state index contributed by atoms with van der Waals surface area (Å²) in [5.74, 6) is 1.64. The van der Waals surface area contributed by atoms with Crippen molar-refractivity contribution in [2.24, 2.45) is 0 Å². The lowest BCUT2D eigenvalue weighted by molar-refractivity contribution is 0.391. The number of sulfonamides is 1. The number of aromatic nitrogens is 6. The molecule has 37 heavy (non-hydrogen) atoms. The summed E-state index contributed by atoms with van der Waals surface area (Å²) < 4.78 is 41.8. The second kappa shape index (κ2) is 12.1. The molecule has 12 nitrogen and oxygen atoms in total. The van der Waals surface area contributed by atoms with Gasteiger partial charge in [-0.05, 0) is 38.5 Å². The Labute approximate surface area is 220 Å². The molecule has 200 valence electrons. The second-order valence-electron chi connectivity index (χ2n) is 7.83. The first-order chi connectivity index (χ1) is 17.7. The van der Waals surface area contributed by atoms with Crippen LogP contribution in [0.3, 0.4) is 0 Å². The van der Waals surface area contributed by atoms with Crippen LogP contribution in [0, 0.1) is 13.8 Å². The number of nitrogens with zero attached hydrogens (tertiary/aromatic N) is 6. The molecule has 3 heterocycles. The summed E-state index contributed by atoms with van der Waals surface area (Å²) in [6, 6.07) is 5.25. The van der Waals surface area contributed by atoms with Gasteiger partial charge in [0.2, 0.25) is 16.0 Å². The predicted octanol–water partition coefficient (Wildman–Crippen LogP) is 3.04. The van der Waals surface area contributed by atoms with Gasteiger partial charge in [-0.3, -0.25) is 9.29 Å². The Morgan fingerprint density at radius 1 is 1.11 bits per heavy atom. The van der Waals surface area contributed by atoms with Crippen LogP contribution >= 0.6 is 11.3 Å². The van der Waals surface area contributed by atoms with Crippen molar-refractivity contribution in [1.29, 1.82) is 0 Å². The minimum Gasteiger partial charge on any atom is -0.494 e. The van der Waals surface area contributed by atoms with Crippen molar-refractivity contribution in [3.8, 4) is 28.0 Å². The molecule has 3 aromatic heterocycles. The molecule has 0 fully saturated rings. The molecule has 0 aliphatic heterocycles. The Balaban J connectivity index is 0.00000165. The van der Waals surface area contributed by atoms with Crippen LogP contribution in [0.25, 0.3) is 16.5 Å². The van der Waals surface area contributed by atoms with Gasteiger partial charge in [0.05, 0.1) is 19.5 Å². The van der Waals surface area contributed by atoms with Gasteiger partial charge in [-0.2, -0.15) is 0 Å². The highest BCUT2D eigenvalue weighted by molar-refractivity contribution is 7.93. The van der Waals surface area contributed by atoms with Crippen molar-refractivity contribution in [3.05, 3.63) is 53.1 Å². The first kappa shape index (κ1) is 28.0. The van der Waals surface area contributed by atoms with Crippen molar-refractivity contribution in [1.82, 2.24) is 29.7 Å². The maximum Gasteiger partial charge on any atom is 0.243 e. The SMILES string of the molecule is CO.COc1cccc(OC)c1-n1c(NS(=O)(=O)[C@@H](C)Cc2ncc(C)cn2)nnc1-c1nc(C)cs1.[HH]. The monoisotopic (exact) mass is 549 g/mol. The van der Waals surface area contributed by atoms with Crippen LogP contribution in [0.1, 0.15) is 25.4 Å². The smallest absolute Gasteiger partial charge is 0.243 e. The third-order valence-corrected chi connectivity index (χ3v) is 7.82. The molecule has 0 spiro atoms. The van der Waals surface area contributed by atoms with E-state index >= 15 is 0 Å². The van der Waals surface area contributed by atoms with Gasteiger partial charge in [-0.1, -0.05) is 6.07 Å². The number of anilines is 1. The number of thiazole rings is 1. The van der Waals surface area contributed by atoms with E-state index < -0.39 is 15.3 Å². The molecule has 14 heteroatoms. The van der Waals surface area contributed by atoms with Crippen molar-refractivity contribution in [3.63, 3.8) is 0 Å². The zero-order valence-corrected chi connectivity index (χ0v) is 23.0. The topological polar surface area (TPSA) is 154 Å². The van der Waals surface area contributed by atoms with E-state index in [-0.39, 0.29) is 13.8 Å². The molecule has 4 aromatic rings. The number of aliphatic hydroxyl groups is 1. The van der Waals surface area contributed by atoms with Gasteiger partial charge in [0, 0.05) is 38.4 Å². The van der Waals surface area contributed by atoms with Crippen LogP contribution in [0.4, 0.5) is 5.95 Å². The molecule has 0 radical (unpaired) electrons. The summed E-state index contributed by atoms with van der Waals surface area (Å²) in [5, 5.41) is 17.0. The first-order valence-electron chi connectivity index (χ1n) is 11.1. The lowest BCUT2D eigenvalue weighted by Crippen LogP contribution is -2.29. The number of hydrogen-bond donors (Lipinski definition) is 2. The molecule has 0 aliphatic carbocycles. The molecule has 1 aromatic carbocycles. The highest BCUT2D eigenvalue weighted by Gasteiger charge is 2.29. The molecule has 0 unspecified atom stereocenters. The molecule has 0 amide bonds. The van der Waals surface area contributed by atoms with Crippen LogP contribution < -0.4 is 14.2 Å². The summed E-state index contributed by atoms with van der Waals surface area (Å²) in [6.45, 7) is 5.32. The molecule has 0 aliphatic rings. The number of aryl methyl sites for hydroxylation is 2. The number of nitrogens with one attached hydrogen (secondary N) is 1. The Hall–Kier alpha value is -3.62. The number of hydrogen-bond acceptors (Lipinski definition) is 11. The highest BCUT2D eigenvalue weighted by atomic mass is 32.2. The van der Waals surface area contributed by atoms with Gasteiger partial charge < -0.3 is 14.6 Å². The molecule has 0 saturated carbocycles. The van der Waals surface area contributed by atoms with Crippen LogP contribution in [0.15, 0.2) is 36.0 Å². The number of para-hydroxylation sites is 1. The Morgan fingerprint density at radius 3 is 2.27 bits per heavy atom. The predicted molar refractivity (Wildman–Crippen MR) is 143 cm³/mol. The van der Waals surface area contributed by atoms with Crippen molar-refractivity contribution in [2.45, 2.75) is 32.4 Å². The zero-order valence-electron chi connectivity index (χ0n) is 21.3. The lowest BCUT2D eigenvalue weighted by Gasteiger charge is -2.18. The Bertz CT molecular complexity index is 1420. The van der Waals surface area contributed by atoms with E-state index in [2.05, 4.69) is 29.9 Å². The Kier molecular flexibility index (Phi) is 9.13. The van der Waals surface area contributed by atoms with E-state index in [9.17, 15) is 8.42 Å². The minimum absolute atomic E-state index is 0. The number of benzene rings is 1. The van der Waals surface area contributed by atoms with Crippen molar-refractivity contribution >= 4 is 27.3 Å². The summed E-state index contributed by atoms with van der Waals surface area (Å²) in [4.78, 5) is 12.9. The summed E-state index contributed by atoms with van der Waals surface area (Å²) in [7, 11) is 0.127. The fraction of sp³-hybridized carbons (Fsp3) is 0.348. The third-order valence-electron chi connectivity index (χ3n) is 5.17. The molecule has 2 N–H and O–H groups in total. The van der Waals surface area contributed by atoms with E-state index in [0.717, 1.165) is 18.4 Å². The maximum atomic E-state index is 13.3. The van der Waals surface area contributed by atoms with Crippen LogP contribution in [-0.4, -0.2) is 69.8 Å². The van der Waals surface area contributed by atoms with Gasteiger partial charge in [-0.25, -0.2) is 23.4 Å². The lowest BCUT2D eigenvalue weighted by atomic mass is 10.2. The molecule has 0 saturated heterocycles. The minimum atomic E-state index is -3.91. The van der Waals surface area contributed by atoms with Crippen LogP contribution in [0.2, 0.25) is 0 Å². The molecular formula is C23H31N7O5S2. The number of aliphatic hydroxyl groups excluding tert-OH is 1.